The molecule has 0 aliphatic heterocycles. The number of fused-ring (bicyclic) bond motifs is 3. The molecule has 0 saturated carbocycles. The van der Waals surface area contributed by atoms with E-state index in [4.69, 9.17) is 0 Å². The predicted octanol–water partition coefficient (Wildman–Crippen LogP) is 4.00. The molecule has 3 aromatic heterocycles. The van der Waals surface area contributed by atoms with Gasteiger partial charge >= 0.3 is 5.97 Å². The molecule has 1 aliphatic rings. The molecule has 2 amide bonds. The largest absolute Gasteiger partial charge is 0.478 e. The summed E-state index contributed by atoms with van der Waals surface area (Å²) in [5.74, 6) is -1.78. The van der Waals surface area contributed by atoms with E-state index in [0.29, 0.717) is 18.5 Å². The zero-order valence-electron chi connectivity index (χ0n) is 21.2. The standard InChI is InChI=1S/C28H24N6O4S/c1-14-17-6-7-20(19(17)5-4-18(14)28(37)38)33-27(36)23-12-22(32-25-9-10-30-34(23)25)26(35)29-13-16-3-8-24-21(11-16)31-15(2)39-24/h3-5,8-12,20H,6-7,13H2,1-2H3,(H,29,35)(H,33,36)(H,37,38)/t20-/m0/s1. The average Bonchev–Trinajstić information content (AvgIpc) is 3.64. The number of rotatable bonds is 6. The van der Waals surface area contributed by atoms with Crippen molar-refractivity contribution in [2.24, 2.45) is 0 Å². The predicted molar refractivity (Wildman–Crippen MR) is 145 cm³/mol. The first-order valence-electron chi connectivity index (χ1n) is 12.4. The van der Waals surface area contributed by atoms with Crippen molar-refractivity contribution in [3.8, 4) is 0 Å². The molecule has 196 valence electrons. The molecule has 0 spiro atoms. The first kappa shape index (κ1) is 24.7. The van der Waals surface area contributed by atoms with E-state index in [-0.39, 0.29) is 29.5 Å². The van der Waals surface area contributed by atoms with Gasteiger partial charge in [0, 0.05) is 18.7 Å². The van der Waals surface area contributed by atoms with E-state index in [9.17, 15) is 19.5 Å². The normalized spacial score (nSPS) is 14.5. The van der Waals surface area contributed by atoms with Crippen LogP contribution in [0.2, 0.25) is 0 Å². The number of amides is 2. The van der Waals surface area contributed by atoms with E-state index in [1.807, 2.05) is 25.1 Å². The van der Waals surface area contributed by atoms with Crippen LogP contribution in [0.5, 0.6) is 0 Å². The minimum Gasteiger partial charge on any atom is -0.478 e. The number of aryl methyl sites for hydroxylation is 1. The number of carboxylic acid groups (broad SMARTS) is 1. The highest BCUT2D eigenvalue weighted by atomic mass is 32.1. The molecule has 3 heterocycles. The number of aromatic carboxylic acids is 1. The maximum Gasteiger partial charge on any atom is 0.335 e. The summed E-state index contributed by atoms with van der Waals surface area (Å²) in [5, 5.41) is 20.6. The van der Waals surface area contributed by atoms with Crippen LogP contribution >= 0.6 is 11.3 Å². The number of nitrogens with zero attached hydrogens (tertiary/aromatic N) is 4. The number of carbonyl (C=O) groups is 3. The van der Waals surface area contributed by atoms with Crippen molar-refractivity contribution < 1.29 is 19.5 Å². The van der Waals surface area contributed by atoms with Gasteiger partial charge in [0.05, 0.1) is 33.0 Å². The van der Waals surface area contributed by atoms with Crippen LogP contribution in [-0.2, 0) is 13.0 Å². The van der Waals surface area contributed by atoms with Gasteiger partial charge in [0.1, 0.15) is 11.4 Å². The summed E-state index contributed by atoms with van der Waals surface area (Å²) in [4.78, 5) is 46.9. The van der Waals surface area contributed by atoms with Crippen LogP contribution in [0, 0.1) is 13.8 Å². The highest BCUT2D eigenvalue weighted by Gasteiger charge is 2.28. The van der Waals surface area contributed by atoms with E-state index in [1.165, 1.54) is 16.8 Å². The topological polar surface area (TPSA) is 139 Å². The Labute approximate surface area is 226 Å². The van der Waals surface area contributed by atoms with E-state index < -0.39 is 17.8 Å². The lowest BCUT2D eigenvalue weighted by Crippen LogP contribution is -2.30. The molecule has 0 bridgehead atoms. The van der Waals surface area contributed by atoms with E-state index in [1.54, 1.807) is 36.5 Å². The number of thiazole rings is 1. The lowest BCUT2D eigenvalue weighted by Gasteiger charge is -2.16. The van der Waals surface area contributed by atoms with Gasteiger partial charge in [0.25, 0.3) is 11.8 Å². The van der Waals surface area contributed by atoms with Crippen LogP contribution < -0.4 is 10.6 Å². The number of carbonyl (C=O) groups excluding carboxylic acids is 2. The zero-order chi connectivity index (χ0) is 27.3. The van der Waals surface area contributed by atoms with Crippen molar-refractivity contribution in [1.29, 1.82) is 0 Å². The number of carboxylic acids is 1. The van der Waals surface area contributed by atoms with Crippen LogP contribution in [0.3, 0.4) is 0 Å². The van der Waals surface area contributed by atoms with Crippen molar-refractivity contribution >= 4 is 45.0 Å². The molecule has 0 saturated heterocycles. The third kappa shape index (κ3) is 4.50. The zero-order valence-corrected chi connectivity index (χ0v) is 22.0. The quantitative estimate of drug-likeness (QED) is 0.296. The second-order valence-electron chi connectivity index (χ2n) is 9.52. The Morgan fingerprint density at radius 1 is 1.08 bits per heavy atom. The molecule has 1 aliphatic carbocycles. The van der Waals surface area contributed by atoms with Crippen molar-refractivity contribution in [3.05, 3.63) is 92.9 Å². The number of hydrogen-bond donors (Lipinski definition) is 3. The summed E-state index contributed by atoms with van der Waals surface area (Å²) >= 11 is 1.62. The number of benzene rings is 2. The fourth-order valence-electron chi connectivity index (χ4n) is 5.16. The molecule has 1 atom stereocenters. The Balaban J connectivity index is 1.22. The fraction of sp³-hybridized carbons (Fsp3) is 0.214. The minimum absolute atomic E-state index is 0.104. The molecule has 39 heavy (non-hydrogen) atoms. The van der Waals surface area contributed by atoms with E-state index in [0.717, 1.165) is 37.5 Å². The molecule has 10 nitrogen and oxygen atoms in total. The van der Waals surface area contributed by atoms with E-state index in [2.05, 4.69) is 25.7 Å². The lowest BCUT2D eigenvalue weighted by molar-refractivity contribution is 0.0695. The molecule has 6 rings (SSSR count). The Morgan fingerprint density at radius 2 is 1.92 bits per heavy atom. The van der Waals surface area contributed by atoms with Gasteiger partial charge in [-0.2, -0.15) is 5.10 Å². The Morgan fingerprint density at radius 3 is 2.74 bits per heavy atom. The van der Waals surface area contributed by atoms with Gasteiger partial charge in [0.2, 0.25) is 0 Å². The molecular weight excluding hydrogens is 516 g/mol. The van der Waals surface area contributed by atoms with Crippen LogP contribution in [0.25, 0.3) is 15.9 Å². The van der Waals surface area contributed by atoms with Crippen LogP contribution in [0.15, 0.2) is 48.7 Å². The Hall–Kier alpha value is -4.64. The highest BCUT2D eigenvalue weighted by Crippen LogP contribution is 2.35. The first-order valence-corrected chi connectivity index (χ1v) is 13.3. The second-order valence-corrected chi connectivity index (χ2v) is 10.8. The van der Waals surface area contributed by atoms with Gasteiger partial charge in [-0.05, 0) is 67.1 Å². The second kappa shape index (κ2) is 9.59. The van der Waals surface area contributed by atoms with Gasteiger partial charge in [-0.25, -0.2) is 19.3 Å². The molecule has 3 N–H and O–H groups in total. The van der Waals surface area contributed by atoms with Gasteiger partial charge in [-0.15, -0.1) is 11.3 Å². The third-order valence-electron chi connectivity index (χ3n) is 7.07. The maximum absolute atomic E-state index is 13.4. The molecule has 5 aromatic rings. The monoisotopic (exact) mass is 540 g/mol. The SMILES string of the molecule is Cc1nc2cc(CNC(=O)c3cc(C(=O)N[C@H]4CCc5c4ccc(C(=O)O)c5C)n4nccc4n3)ccc2s1. The van der Waals surface area contributed by atoms with Crippen molar-refractivity contribution in [1.82, 2.24) is 30.2 Å². The van der Waals surface area contributed by atoms with Crippen molar-refractivity contribution in [3.63, 3.8) is 0 Å². The van der Waals surface area contributed by atoms with Crippen molar-refractivity contribution in [2.45, 2.75) is 39.3 Å². The Kier molecular flexibility index (Phi) is 6.07. The minimum atomic E-state index is -0.967. The molecule has 0 fully saturated rings. The van der Waals surface area contributed by atoms with Crippen LogP contribution in [0.1, 0.15) is 71.1 Å². The van der Waals surface area contributed by atoms with Gasteiger partial charge in [-0.1, -0.05) is 12.1 Å². The number of aromatic nitrogens is 4. The van der Waals surface area contributed by atoms with Crippen LogP contribution in [0.4, 0.5) is 0 Å². The molecule has 11 heteroatoms. The summed E-state index contributed by atoms with van der Waals surface area (Å²) in [7, 11) is 0. The summed E-state index contributed by atoms with van der Waals surface area (Å²) < 4.78 is 2.49. The van der Waals surface area contributed by atoms with E-state index >= 15 is 0 Å². The van der Waals surface area contributed by atoms with Gasteiger partial charge in [0.15, 0.2) is 5.65 Å². The number of nitrogens with one attached hydrogen (secondary N) is 2. The lowest BCUT2D eigenvalue weighted by atomic mass is 9.98. The maximum atomic E-state index is 13.4. The molecule has 0 unspecified atom stereocenters. The summed E-state index contributed by atoms with van der Waals surface area (Å²) in [6.45, 7) is 4.04. The Bertz CT molecular complexity index is 1810. The smallest absolute Gasteiger partial charge is 0.335 e. The summed E-state index contributed by atoms with van der Waals surface area (Å²) in [5.41, 5.74) is 5.31. The first-order chi connectivity index (χ1) is 18.8. The molecule has 0 radical (unpaired) electrons. The van der Waals surface area contributed by atoms with Gasteiger partial charge in [-0.3, -0.25) is 9.59 Å². The summed E-state index contributed by atoms with van der Waals surface area (Å²) in [6.07, 6.45) is 2.84. The molecule has 2 aromatic carbocycles. The highest BCUT2D eigenvalue weighted by molar-refractivity contribution is 7.18. The summed E-state index contributed by atoms with van der Waals surface area (Å²) in [6, 6.07) is 12.0. The van der Waals surface area contributed by atoms with Gasteiger partial charge < -0.3 is 15.7 Å². The third-order valence-corrected chi connectivity index (χ3v) is 8.02. The molecular formula is C28H24N6O4S. The average molecular weight is 541 g/mol. The number of hydrogen-bond acceptors (Lipinski definition) is 7. The van der Waals surface area contributed by atoms with Crippen molar-refractivity contribution in [2.75, 3.05) is 0 Å². The van der Waals surface area contributed by atoms with Crippen LogP contribution in [-0.4, -0.2) is 42.5 Å². The fourth-order valence-corrected chi connectivity index (χ4v) is 5.96.